The summed E-state index contributed by atoms with van der Waals surface area (Å²) in [5, 5.41) is 2.90. The van der Waals surface area contributed by atoms with Crippen molar-refractivity contribution in [2.24, 2.45) is 0 Å². The molecule has 1 fully saturated rings. The fourth-order valence-corrected chi connectivity index (χ4v) is 3.08. The molecule has 1 aromatic heterocycles. The quantitative estimate of drug-likeness (QED) is 0.902. The Hall–Kier alpha value is -1.43. The molecule has 6 heteroatoms. The minimum Gasteiger partial charge on any atom is -0.340 e. The third-order valence-corrected chi connectivity index (χ3v) is 4.63. The Morgan fingerprint density at radius 1 is 1.33 bits per heavy atom. The summed E-state index contributed by atoms with van der Waals surface area (Å²) in [6.45, 7) is 6.00. The van der Waals surface area contributed by atoms with E-state index >= 15 is 0 Å². The number of pyridine rings is 1. The second-order valence-electron chi connectivity index (χ2n) is 5.40. The SMILES string of the molecule is CCC1(CC)NC(=O)C(C)N(Cc2cncc(Br)c2)C1=O. The molecule has 1 unspecified atom stereocenters. The summed E-state index contributed by atoms with van der Waals surface area (Å²) in [7, 11) is 0. The van der Waals surface area contributed by atoms with Crippen LogP contribution in [0.3, 0.4) is 0 Å². The van der Waals surface area contributed by atoms with Crippen LogP contribution in [0.25, 0.3) is 0 Å². The summed E-state index contributed by atoms with van der Waals surface area (Å²) >= 11 is 3.37. The van der Waals surface area contributed by atoms with Crippen LogP contribution in [0.2, 0.25) is 0 Å². The zero-order chi connectivity index (χ0) is 15.6. The van der Waals surface area contributed by atoms with Gasteiger partial charge in [0.25, 0.3) is 0 Å². The zero-order valence-corrected chi connectivity index (χ0v) is 14.1. The molecule has 1 atom stereocenters. The number of hydrogen-bond donors (Lipinski definition) is 1. The molecule has 1 aromatic rings. The number of halogens is 1. The van der Waals surface area contributed by atoms with Gasteiger partial charge in [-0.3, -0.25) is 14.6 Å². The molecule has 0 aromatic carbocycles. The Bertz CT molecular complexity index is 558. The summed E-state index contributed by atoms with van der Waals surface area (Å²) in [5.41, 5.74) is 0.128. The number of nitrogens with one attached hydrogen (secondary N) is 1. The largest absolute Gasteiger partial charge is 0.340 e. The summed E-state index contributed by atoms with van der Waals surface area (Å²) in [6.07, 6.45) is 4.60. The van der Waals surface area contributed by atoms with Crippen molar-refractivity contribution < 1.29 is 9.59 Å². The Labute approximate surface area is 133 Å². The Balaban J connectivity index is 2.31. The molecule has 2 rings (SSSR count). The van der Waals surface area contributed by atoms with Crippen LogP contribution >= 0.6 is 15.9 Å². The minimum atomic E-state index is -0.775. The Kier molecular flexibility index (Phi) is 4.66. The first kappa shape index (κ1) is 15.9. The van der Waals surface area contributed by atoms with Crippen molar-refractivity contribution in [2.45, 2.75) is 51.7 Å². The number of piperazine rings is 1. The van der Waals surface area contributed by atoms with Crippen LogP contribution in [0.5, 0.6) is 0 Å². The second kappa shape index (κ2) is 6.13. The maximum Gasteiger partial charge on any atom is 0.249 e. The highest BCUT2D eigenvalue weighted by atomic mass is 79.9. The van der Waals surface area contributed by atoms with Crippen molar-refractivity contribution in [3.8, 4) is 0 Å². The van der Waals surface area contributed by atoms with Gasteiger partial charge >= 0.3 is 0 Å². The highest BCUT2D eigenvalue weighted by Crippen LogP contribution is 2.26. The molecule has 2 heterocycles. The normalized spacial score (nSPS) is 21.3. The van der Waals surface area contributed by atoms with Gasteiger partial charge in [0.1, 0.15) is 11.6 Å². The lowest BCUT2D eigenvalue weighted by atomic mass is 9.87. The van der Waals surface area contributed by atoms with Crippen LogP contribution in [0.15, 0.2) is 22.9 Å². The number of rotatable bonds is 4. The summed E-state index contributed by atoms with van der Waals surface area (Å²) in [5.74, 6) is -0.110. The second-order valence-corrected chi connectivity index (χ2v) is 6.31. The Morgan fingerprint density at radius 3 is 2.57 bits per heavy atom. The van der Waals surface area contributed by atoms with E-state index in [1.54, 1.807) is 24.2 Å². The van der Waals surface area contributed by atoms with Crippen molar-refractivity contribution >= 4 is 27.7 Å². The van der Waals surface area contributed by atoms with E-state index in [1.807, 2.05) is 19.9 Å². The predicted octanol–water partition coefficient (Wildman–Crippen LogP) is 2.25. The first-order chi connectivity index (χ1) is 9.93. The third-order valence-electron chi connectivity index (χ3n) is 4.20. The first-order valence-corrected chi connectivity index (χ1v) is 7.95. The average molecular weight is 354 g/mol. The van der Waals surface area contributed by atoms with Gasteiger partial charge in [-0.15, -0.1) is 0 Å². The van der Waals surface area contributed by atoms with Crippen LogP contribution in [0.1, 0.15) is 39.2 Å². The molecule has 1 aliphatic rings. The van der Waals surface area contributed by atoms with Crippen molar-refractivity contribution in [3.05, 3.63) is 28.5 Å². The molecule has 114 valence electrons. The number of hydrogen-bond acceptors (Lipinski definition) is 3. The minimum absolute atomic E-state index is 0.0143. The molecule has 2 amide bonds. The monoisotopic (exact) mass is 353 g/mol. The lowest BCUT2D eigenvalue weighted by molar-refractivity contribution is -0.155. The maximum absolute atomic E-state index is 12.8. The van der Waals surface area contributed by atoms with E-state index in [2.05, 4.69) is 26.2 Å². The molecule has 21 heavy (non-hydrogen) atoms. The van der Waals surface area contributed by atoms with Crippen LogP contribution in [-0.4, -0.2) is 33.3 Å². The number of carbonyl (C=O) groups excluding carboxylic acids is 2. The standard InChI is InChI=1S/C15H20BrN3O2/c1-4-15(5-2)14(21)19(10(3)13(20)18-15)9-11-6-12(16)8-17-7-11/h6-8,10H,4-5,9H2,1-3H3,(H,18,20). The Morgan fingerprint density at radius 2 is 2.00 bits per heavy atom. The van der Waals surface area contributed by atoms with Gasteiger partial charge in [-0.25, -0.2) is 0 Å². The number of aromatic nitrogens is 1. The van der Waals surface area contributed by atoms with Gasteiger partial charge in [0.15, 0.2) is 0 Å². The van der Waals surface area contributed by atoms with Crippen molar-refractivity contribution in [1.82, 2.24) is 15.2 Å². The number of carbonyl (C=O) groups is 2. The van der Waals surface area contributed by atoms with E-state index in [-0.39, 0.29) is 11.8 Å². The number of nitrogens with zero attached hydrogens (tertiary/aromatic N) is 2. The lowest BCUT2D eigenvalue weighted by Crippen LogP contribution is -2.69. The molecule has 0 saturated carbocycles. The van der Waals surface area contributed by atoms with E-state index in [0.29, 0.717) is 19.4 Å². The molecule has 1 aliphatic heterocycles. The average Bonchev–Trinajstić information content (AvgIpc) is 2.48. The fourth-order valence-electron chi connectivity index (χ4n) is 2.66. The van der Waals surface area contributed by atoms with Gasteiger partial charge in [0, 0.05) is 23.4 Å². The topological polar surface area (TPSA) is 62.3 Å². The third kappa shape index (κ3) is 2.95. The summed E-state index contributed by atoms with van der Waals surface area (Å²) in [4.78, 5) is 30.8. The fraction of sp³-hybridized carbons (Fsp3) is 0.533. The van der Waals surface area contributed by atoms with Gasteiger partial charge in [-0.05, 0) is 47.3 Å². The molecular weight excluding hydrogens is 334 g/mol. The molecule has 0 spiro atoms. The van der Waals surface area contributed by atoms with E-state index in [4.69, 9.17) is 0 Å². The van der Waals surface area contributed by atoms with Crippen LogP contribution in [0, 0.1) is 0 Å². The highest BCUT2D eigenvalue weighted by molar-refractivity contribution is 9.10. The van der Waals surface area contributed by atoms with Gasteiger partial charge in [0.05, 0.1) is 0 Å². The lowest BCUT2D eigenvalue weighted by Gasteiger charge is -2.44. The molecule has 5 nitrogen and oxygen atoms in total. The summed E-state index contributed by atoms with van der Waals surface area (Å²) in [6, 6.07) is 1.45. The van der Waals surface area contributed by atoms with Crippen LogP contribution in [0.4, 0.5) is 0 Å². The van der Waals surface area contributed by atoms with E-state index in [9.17, 15) is 9.59 Å². The summed E-state index contributed by atoms with van der Waals surface area (Å²) < 4.78 is 0.860. The highest BCUT2D eigenvalue weighted by Gasteiger charge is 2.47. The first-order valence-electron chi connectivity index (χ1n) is 7.16. The van der Waals surface area contributed by atoms with Gasteiger partial charge in [-0.1, -0.05) is 13.8 Å². The van der Waals surface area contributed by atoms with Crippen molar-refractivity contribution in [2.75, 3.05) is 0 Å². The van der Waals surface area contributed by atoms with E-state index in [0.717, 1.165) is 10.0 Å². The van der Waals surface area contributed by atoms with Crippen LogP contribution < -0.4 is 5.32 Å². The van der Waals surface area contributed by atoms with Gasteiger partial charge in [-0.2, -0.15) is 0 Å². The maximum atomic E-state index is 12.8. The smallest absolute Gasteiger partial charge is 0.249 e. The van der Waals surface area contributed by atoms with Crippen molar-refractivity contribution in [3.63, 3.8) is 0 Å². The van der Waals surface area contributed by atoms with Crippen LogP contribution in [-0.2, 0) is 16.1 Å². The van der Waals surface area contributed by atoms with Gasteiger partial charge in [0.2, 0.25) is 11.8 Å². The molecule has 0 bridgehead atoms. The van der Waals surface area contributed by atoms with E-state index in [1.165, 1.54) is 0 Å². The predicted molar refractivity (Wildman–Crippen MR) is 83.4 cm³/mol. The number of amides is 2. The van der Waals surface area contributed by atoms with Crippen molar-refractivity contribution in [1.29, 1.82) is 0 Å². The zero-order valence-electron chi connectivity index (χ0n) is 12.5. The molecule has 1 saturated heterocycles. The molecular formula is C15H20BrN3O2. The van der Waals surface area contributed by atoms with E-state index < -0.39 is 11.6 Å². The molecule has 1 N–H and O–H groups in total. The molecule has 0 radical (unpaired) electrons. The molecule has 0 aliphatic carbocycles. The van der Waals surface area contributed by atoms with Gasteiger partial charge < -0.3 is 10.2 Å².